The molecular weight excluding hydrogens is 226 g/mol. The number of hydrogen-bond acceptors (Lipinski definition) is 3. The Kier molecular flexibility index (Phi) is 3.75. The fourth-order valence-corrected chi connectivity index (χ4v) is 1.87. The standard InChI is InChI=1S/C14H15N3O/c1-11-7-12(8-15)3-4-14(11)13-9-16-17(10-13)5-6-18-2/h3-4,7,9-10H,5-6H2,1-2H3. The van der Waals surface area contributed by atoms with Crippen molar-refractivity contribution in [2.45, 2.75) is 13.5 Å². The van der Waals surface area contributed by atoms with E-state index in [0.29, 0.717) is 12.2 Å². The zero-order chi connectivity index (χ0) is 13.0. The number of nitriles is 1. The monoisotopic (exact) mass is 241 g/mol. The zero-order valence-electron chi connectivity index (χ0n) is 10.6. The van der Waals surface area contributed by atoms with Crippen LogP contribution in [0.5, 0.6) is 0 Å². The first kappa shape index (κ1) is 12.3. The maximum Gasteiger partial charge on any atom is 0.0991 e. The molecule has 0 saturated carbocycles. The Morgan fingerprint density at radius 3 is 2.94 bits per heavy atom. The first-order chi connectivity index (χ1) is 8.74. The predicted molar refractivity (Wildman–Crippen MR) is 69.0 cm³/mol. The maximum absolute atomic E-state index is 8.84. The predicted octanol–water partition coefficient (Wildman–Crippen LogP) is 2.38. The lowest BCUT2D eigenvalue weighted by molar-refractivity contribution is 0.183. The Hall–Kier alpha value is -2.12. The Labute approximate surface area is 106 Å². The van der Waals surface area contributed by atoms with Gasteiger partial charge in [0.15, 0.2) is 0 Å². The highest BCUT2D eigenvalue weighted by molar-refractivity contribution is 5.66. The van der Waals surface area contributed by atoms with Crippen LogP contribution in [0, 0.1) is 18.3 Å². The van der Waals surface area contributed by atoms with E-state index >= 15 is 0 Å². The number of rotatable bonds is 4. The molecule has 1 aromatic heterocycles. The third kappa shape index (κ3) is 2.58. The summed E-state index contributed by atoms with van der Waals surface area (Å²) in [5.74, 6) is 0. The second-order valence-corrected chi connectivity index (χ2v) is 4.13. The van der Waals surface area contributed by atoms with Gasteiger partial charge in [-0.3, -0.25) is 4.68 Å². The first-order valence-electron chi connectivity index (χ1n) is 5.77. The van der Waals surface area contributed by atoms with Crippen LogP contribution in [0.1, 0.15) is 11.1 Å². The van der Waals surface area contributed by atoms with Crippen LogP contribution in [0.25, 0.3) is 11.1 Å². The van der Waals surface area contributed by atoms with E-state index in [-0.39, 0.29) is 0 Å². The van der Waals surface area contributed by atoms with E-state index in [0.717, 1.165) is 23.2 Å². The molecule has 92 valence electrons. The maximum atomic E-state index is 8.84. The van der Waals surface area contributed by atoms with Crippen LogP contribution < -0.4 is 0 Å². The van der Waals surface area contributed by atoms with E-state index in [1.165, 1.54) is 0 Å². The molecule has 2 rings (SSSR count). The van der Waals surface area contributed by atoms with Crippen LogP contribution in [0.4, 0.5) is 0 Å². The van der Waals surface area contributed by atoms with E-state index in [1.54, 1.807) is 7.11 Å². The van der Waals surface area contributed by atoms with Crippen molar-refractivity contribution in [2.24, 2.45) is 0 Å². The van der Waals surface area contributed by atoms with Gasteiger partial charge in [-0.25, -0.2) is 0 Å². The van der Waals surface area contributed by atoms with Crippen molar-refractivity contribution in [2.75, 3.05) is 13.7 Å². The molecule has 1 aromatic carbocycles. The minimum atomic E-state index is 0.646. The first-order valence-corrected chi connectivity index (χ1v) is 5.77. The minimum absolute atomic E-state index is 0.646. The molecule has 0 radical (unpaired) electrons. The second-order valence-electron chi connectivity index (χ2n) is 4.13. The summed E-state index contributed by atoms with van der Waals surface area (Å²) in [6, 6.07) is 7.82. The van der Waals surface area contributed by atoms with Gasteiger partial charge in [0, 0.05) is 18.9 Å². The number of ether oxygens (including phenoxy) is 1. The summed E-state index contributed by atoms with van der Waals surface area (Å²) in [5.41, 5.74) is 3.94. The van der Waals surface area contributed by atoms with Gasteiger partial charge in [-0.15, -0.1) is 0 Å². The Bertz CT molecular complexity index is 581. The third-order valence-electron chi connectivity index (χ3n) is 2.82. The van der Waals surface area contributed by atoms with Gasteiger partial charge in [0.05, 0.1) is 31.0 Å². The number of aromatic nitrogens is 2. The molecule has 0 spiro atoms. The molecule has 0 aliphatic heterocycles. The lowest BCUT2D eigenvalue weighted by Gasteiger charge is -2.03. The molecule has 0 aliphatic rings. The Morgan fingerprint density at radius 1 is 1.44 bits per heavy atom. The molecular formula is C14H15N3O. The SMILES string of the molecule is COCCn1cc(-c2ccc(C#N)cc2C)cn1. The van der Waals surface area contributed by atoms with Crippen LogP contribution in [0.3, 0.4) is 0 Å². The van der Waals surface area contributed by atoms with Gasteiger partial charge in [0.1, 0.15) is 0 Å². The molecule has 0 fully saturated rings. The highest BCUT2D eigenvalue weighted by atomic mass is 16.5. The minimum Gasteiger partial charge on any atom is -0.383 e. The number of hydrogen-bond donors (Lipinski definition) is 0. The van der Waals surface area contributed by atoms with Crippen LogP contribution in [-0.2, 0) is 11.3 Å². The van der Waals surface area contributed by atoms with Crippen molar-refractivity contribution in [3.05, 3.63) is 41.7 Å². The smallest absolute Gasteiger partial charge is 0.0991 e. The molecule has 4 heteroatoms. The molecule has 0 aliphatic carbocycles. The van der Waals surface area contributed by atoms with Crippen LogP contribution in [0.2, 0.25) is 0 Å². The molecule has 1 heterocycles. The van der Waals surface area contributed by atoms with Crippen molar-refractivity contribution in [3.63, 3.8) is 0 Å². The summed E-state index contributed by atoms with van der Waals surface area (Å²) in [5, 5.41) is 13.1. The van der Waals surface area contributed by atoms with Crippen molar-refractivity contribution in [1.82, 2.24) is 9.78 Å². The number of nitrogens with zero attached hydrogens (tertiary/aromatic N) is 3. The van der Waals surface area contributed by atoms with Crippen molar-refractivity contribution >= 4 is 0 Å². The normalized spacial score (nSPS) is 10.3. The fraction of sp³-hybridized carbons (Fsp3) is 0.286. The van der Waals surface area contributed by atoms with Gasteiger partial charge < -0.3 is 4.74 Å². The number of methoxy groups -OCH3 is 1. The van der Waals surface area contributed by atoms with E-state index in [4.69, 9.17) is 10.00 Å². The zero-order valence-corrected chi connectivity index (χ0v) is 10.6. The van der Waals surface area contributed by atoms with Crippen LogP contribution in [-0.4, -0.2) is 23.5 Å². The van der Waals surface area contributed by atoms with Gasteiger partial charge in [-0.2, -0.15) is 10.4 Å². The summed E-state index contributed by atoms with van der Waals surface area (Å²) in [4.78, 5) is 0. The lowest BCUT2D eigenvalue weighted by Crippen LogP contribution is -2.03. The molecule has 0 bridgehead atoms. The van der Waals surface area contributed by atoms with Gasteiger partial charge in [-0.05, 0) is 30.2 Å². The number of benzene rings is 1. The Morgan fingerprint density at radius 2 is 2.28 bits per heavy atom. The highest BCUT2D eigenvalue weighted by Crippen LogP contribution is 2.23. The second kappa shape index (κ2) is 5.48. The highest BCUT2D eigenvalue weighted by Gasteiger charge is 2.05. The van der Waals surface area contributed by atoms with Gasteiger partial charge >= 0.3 is 0 Å². The van der Waals surface area contributed by atoms with Crippen molar-refractivity contribution in [1.29, 1.82) is 5.26 Å². The summed E-state index contributed by atoms with van der Waals surface area (Å²) in [6.07, 6.45) is 3.83. The summed E-state index contributed by atoms with van der Waals surface area (Å²) >= 11 is 0. The third-order valence-corrected chi connectivity index (χ3v) is 2.82. The van der Waals surface area contributed by atoms with E-state index in [2.05, 4.69) is 11.2 Å². The number of aryl methyl sites for hydroxylation is 1. The Balaban J connectivity index is 2.26. The largest absolute Gasteiger partial charge is 0.383 e. The molecule has 0 amide bonds. The summed E-state index contributed by atoms with van der Waals surface area (Å²) < 4.78 is 6.88. The van der Waals surface area contributed by atoms with Crippen molar-refractivity contribution in [3.8, 4) is 17.2 Å². The average molecular weight is 241 g/mol. The van der Waals surface area contributed by atoms with Crippen LogP contribution >= 0.6 is 0 Å². The van der Waals surface area contributed by atoms with Crippen molar-refractivity contribution < 1.29 is 4.74 Å². The van der Waals surface area contributed by atoms with E-state index < -0.39 is 0 Å². The molecule has 0 N–H and O–H groups in total. The average Bonchev–Trinajstić information content (AvgIpc) is 2.84. The van der Waals surface area contributed by atoms with Crippen LogP contribution in [0.15, 0.2) is 30.6 Å². The van der Waals surface area contributed by atoms with E-state index in [1.807, 2.05) is 42.2 Å². The topological polar surface area (TPSA) is 50.8 Å². The molecule has 2 aromatic rings. The molecule has 0 atom stereocenters. The molecule has 4 nitrogen and oxygen atoms in total. The summed E-state index contributed by atoms with van der Waals surface area (Å²) in [7, 11) is 1.68. The molecule has 0 saturated heterocycles. The fourth-order valence-electron chi connectivity index (χ4n) is 1.87. The van der Waals surface area contributed by atoms with Gasteiger partial charge in [0.2, 0.25) is 0 Å². The summed E-state index contributed by atoms with van der Waals surface area (Å²) in [6.45, 7) is 3.39. The van der Waals surface area contributed by atoms with E-state index in [9.17, 15) is 0 Å². The molecule has 18 heavy (non-hydrogen) atoms. The molecule has 0 unspecified atom stereocenters. The van der Waals surface area contributed by atoms with Gasteiger partial charge in [-0.1, -0.05) is 6.07 Å². The lowest BCUT2D eigenvalue weighted by atomic mass is 10.0. The quantitative estimate of drug-likeness (QED) is 0.825. The van der Waals surface area contributed by atoms with Gasteiger partial charge in [0.25, 0.3) is 0 Å².